The van der Waals surface area contributed by atoms with Gasteiger partial charge in [-0.25, -0.2) is 8.42 Å². The molecule has 1 aromatic carbocycles. The van der Waals surface area contributed by atoms with Crippen molar-refractivity contribution in [3.8, 4) is 0 Å². The maximum absolute atomic E-state index is 12.9. The third kappa shape index (κ3) is 4.73. The van der Waals surface area contributed by atoms with E-state index in [9.17, 15) is 13.2 Å². The number of anilines is 1. The first kappa shape index (κ1) is 19.9. The molecule has 0 bridgehead atoms. The highest BCUT2D eigenvalue weighted by Gasteiger charge is 2.26. The Morgan fingerprint density at radius 2 is 1.93 bits per heavy atom. The van der Waals surface area contributed by atoms with Crippen LogP contribution < -0.4 is 10.6 Å². The van der Waals surface area contributed by atoms with E-state index in [0.29, 0.717) is 23.7 Å². The normalized spacial score (nSPS) is 15.3. The largest absolute Gasteiger partial charge is 0.332 e. The fourth-order valence-corrected chi connectivity index (χ4v) is 5.24. The average molecular weight is 424 g/mol. The molecule has 27 heavy (non-hydrogen) atoms. The van der Waals surface area contributed by atoms with Crippen LogP contribution in [0.5, 0.6) is 0 Å². The van der Waals surface area contributed by atoms with Crippen LogP contribution in [0.3, 0.4) is 0 Å². The number of rotatable bonds is 4. The Bertz CT molecular complexity index is 934. The predicted molar refractivity (Wildman–Crippen MR) is 112 cm³/mol. The highest BCUT2D eigenvalue weighted by molar-refractivity contribution is 7.89. The van der Waals surface area contributed by atoms with Crippen LogP contribution in [0.15, 0.2) is 40.6 Å². The summed E-state index contributed by atoms with van der Waals surface area (Å²) in [6.45, 7) is 2.95. The number of nitrogens with one attached hydrogen (secondary N) is 2. The molecule has 2 N–H and O–H groups in total. The summed E-state index contributed by atoms with van der Waals surface area (Å²) in [7, 11) is -3.53. The lowest BCUT2D eigenvalue weighted by Crippen LogP contribution is -2.36. The molecule has 0 atom stereocenters. The van der Waals surface area contributed by atoms with Gasteiger partial charge in [0.1, 0.15) is 0 Å². The van der Waals surface area contributed by atoms with Crippen molar-refractivity contribution in [2.45, 2.75) is 31.1 Å². The monoisotopic (exact) mass is 423 g/mol. The molecule has 2 heterocycles. The molecule has 2 aromatic rings. The van der Waals surface area contributed by atoms with Gasteiger partial charge in [0.15, 0.2) is 5.11 Å². The maximum Gasteiger partial charge on any atom is 0.267 e. The van der Waals surface area contributed by atoms with Gasteiger partial charge < -0.3 is 5.32 Å². The summed E-state index contributed by atoms with van der Waals surface area (Å²) in [4.78, 5) is 12.9. The summed E-state index contributed by atoms with van der Waals surface area (Å²) in [6, 6.07) is 8.41. The minimum atomic E-state index is -3.53. The van der Waals surface area contributed by atoms with Crippen molar-refractivity contribution in [1.29, 1.82) is 0 Å². The van der Waals surface area contributed by atoms with Crippen molar-refractivity contribution >= 4 is 50.3 Å². The molecule has 1 aliphatic rings. The average Bonchev–Trinajstić information content (AvgIpc) is 3.19. The Morgan fingerprint density at radius 3 is 2.59 bits per heavy atom. The number of carbonyl (C=O) groups excluding carboxylic acids is 1. The first-order chi connectivity index (χ1) is 12.9. The lowest BCUT2D eigenvalue weighted by Gasteiger charge is -2.26. The second kappa shape index (κ2) is 8.47. The van der Waals surface area contributed by atoms with Gasteiger partial charge in [-0.3, -0.25) is 10.1 Å². The molecule has 9 heteroatoms. The van der Waals surface area contributed by atoms with Crippen LogP contribution in [0.2, 0.25) is 0 Å². The number of hydrogen-bond acceptors (Lipinski definition) is 5. The van der Waals surface area contributed by atoms with Crippen LogP contribution in [0.4, 0.5) is 5.69 Å². The number of sulfonamides is 1. The zero-order valence-electron chi connectivity index (χ0n) is 14.9. The van der Waals surface area contributed by atoms with Crippen LogP contribution in [0.25, 0.3) is 0 Å². The summed E-state index contributed by atoms with van der Waals surface area (Å²) in [5.74, 6) is -0.294. The molecular weight excluding hydrogens is 402 g/mol. The van der Waals surface area contributed by atoms with Crippen LogP contribution in [-0.4, -0.2) is 36.8 Å². The predicted octanol–water partition coefficient (Wildman–Crippen LogP) is 3.36. The lowest BCUT2D eigenvalue weighted by molar-refractivity contribution is 0.0981. The molecule has 1 aliphatic heterocycles. The Labute approximate surface area is 168 Å². The zero-order valence-corrected chi connectivity index (χ0v) is 17.3. The summed E-state index contributed by atoms with van der Waals surface area (Å²) < 4.78 is 27.3. The minimum absolute atomic E-state index is 0.129. The van der Waals surface area contributed by atoms with Crippen molar-refractivity contribution in [3.63, 3.8) is 0 Å². The number of hydrogen-bond donors (Lipinski definition) is 2. The van der Waals surface area contributed by atoms with Gasteiger partial charge in [0.05, 0.1) is 9.77 Å². The van der Waals surface area contributed by atoms with E-state index in [1.165, 1.54) is 15.6 Å². The number of nitrogens with zero attached hydrogens (tertiary/aromatic N) is 1. The van der Waals surface area contributed by atoms with Gasteiger partial charge >= 0.3 is 0 Å². The molecule has 1 saturated heterocycles. The SMILES string of the molecule is Cc1ccc(S(=O)(=O)N2CCCCC2)cc1NC(=S)NC(=O)c1cccs1. The Morgan fingerprint density at radius 1 is 1.19 bits per heavy atom. The van der Waals surface area contributed by atoms with E-state index in [0.717, 1.165) is 24.8 Å². The first-order valence-electron chi connectivity index (χ1n) is 8.64. The summed E-state index contributed by atoms with van der Waals surface area (Å²) in [6.07, 6.45) is 2.83. The summed E-state index contributed by atoms with van der Waals surface area (Å²) in [5, 5.41) is 7.49. The molecule has 0 spiro atoms. The van der Waals surface area contributed by atoms with E-state index in [1.54, 1.807) is 30.3 Å². The molecule has 1 amide bonds. The quantitative estimate of drug-likeness (QED) is 0.738. The van der Waals surface area contributed by atoms with Crippen LogP contribution >= 0.6 is 23.6 Å². The topological polar surface area (TPSA) is 78.5 Å². The Balaban J connectivity index is 1.75. The van der Waals surface area contributed by atoms with E-state index in [1.807, 2.05) is 12.3 Å². The van der Waals surface area contributed by atoms with Gasteiger partial charge in [0.2, 0.25) is 10.0 Å². The summed E-state index contributed by atoms with van der Waals surface area (Å²) in [5.41, 5.74) is 1.39. The number of thiophene rings is 1. The highest BCUT2D eigenvalue weighted by atomic mass is 32.2. The minimum Gasteiger partial charge on any atom is -0.332 e. The fraction of sp³-hybridized carbons (Fsp3) is 0.333. The second-order valence-electron chi connectivity index (χ2n) is 6.33. The smallest absolute Gasteiger partial charge is 0.267 e. The van der Waals surface area contributed by atoms with E-state index in [2.05, 4.69) is 10.6 Å². The van der Waals surface area contributed by atoms with Gasteiger partial charge in [-0.15, -0.1) is 11.3 Å². The standard InChI is InChI=1S/C18H21N3O3S3/c1-13-7-8-14(27(23,24)21-9-3-2-4-10-21)12-15(13)19-18(25)20-17(22)16-6-5-11-26-16/h5-8,11-12H,2-4,9-10H2,1H3,(H2,19,20,22,25). The number of benzene rings is 1. The fourth-order valence-electron chi connectivity index (χ4n) is 2.88. The molecule has 0 aliphatic carbocycles. The number of carbonyl (C=O) groups is 1. The van der Waals surface area contributed by atoms with E-state index < -0.39 is 10.0 Å². The molecule has 144 valence electrons. The van der Waals surface area contributed by atoms with Crippen molar-refractivity contribution in [2.75, 3.05) is 18.4 Å². The zero-order chi connectivity index (χ0) is 19.4. The Kier molecular flexibility index (Phi) is 6.25. The van der Waals surface area contributed by atoms with Gasteiger partial charge in [-0.1, -0.05) is 18.6 Å². The molecule has 0 saturated carbocycles. The Hall–Kier alpha value is -1.81. The van der Waals surface area contributed by atoms with E-state index in [-0.39, 0.29) is 15.9 Å². The molecular formula is C18H21N3O3S3. The van der Waals surface area contributed by atoms with Gasteiger partial charge in [0.25, 0.3) is 5.91 Å². The van der Waals surface area contributed by atoms with Gasteiger partial charge in [-0.2, -0.15) is 4.31 Å². The highest BCUT2D eigenvalue weighted by Crippen LogP contribution is 2.25. The third-order valence-electron chi connectivity index (χ3n) is 4.38. The van der Waals surface area contributed by atoms with Gasteiger partial charge in [-0.05, 0) is 61.1 Å². The molecule has 0 radical (unpaired) electrons. The van der Waals surface area contributed by atoms with Crippen LogP contribution in [0.1, 0.15) is 34.5 Å². The molecule has 1 aromatic heterocycles. The van der Waals surface area contributed by atoms with Crippen molar-refractivity contribution in [1.82, 2.24) is 9.62 Å². The molecule has 0 unspecified atom stereocenters. The van der Waals surface area contributed by atoms with Crippen molar-refractivity contribution < 1.29 is 13.2 Å². The number of thiocarbonyl (C=S) groups is 1. The van der Waals surface area contributed by atoms with E-state index >= 15 is 0 Å². The van der Waals surface area contributed by atoms with Crippen molar-refractivity contribution in [3.05, 3.63) is 46.2 Å². The summed E-state index contributed by atoms with van der Waals surface area (Å²) >= 11 is 6.53. The van der Waals surface area contributed by atoms with Crippen LogP contribution in [0, 0.1) is 6.92 Å². The number of piperidine rings is 1. The lowest BCUT2D eigenvalue weighted by atomic mass is 10.2. The van der Waals surface area contributed by atoms with Crippen molar-refractivity contribution in [2.24, 2.45) is 0 Å². The van der Waals surface area contributed by atoms with Gasteiger partial charge in [0, 0.05) is 18.8 Å². The molecule has 6 nitrogen and oxygen atoms in total. The van der Waals surface area contributed by atoms with Crippen LogP contribution in [-0.2, 0) is 10.0 Å². The molecule has 3 rings (SSSR count). The first-order valence-corrected chi connectivity index (χ1v) is 11.4. The number of aryl methyl sites for hydroxylation is 1. The third-order valence-corrected chi connectivity index (χ3v) is 7.35. The number of amides is 1. The maximum atomic E-state index is 12.9. The molecule has 1 fully saturated rings. The van der Waals surface area contributed by atoms with E-state index in [4.69, 9.17) is 12.2 Å². The second-order valence-corrected chi connectivity index (χ2v) is 9.62.